The van der Waals surface area contributed by atoms with Crippen LogP contribution < -0.4 is 0 Å². The van der Waals surface area contributed by atoms with Crippen LogP contribution in [-0.4, -0.2) is 12.0 Å². The fourth-order valence-corrected chi connectivity index (χ4v) is 0.395. The summed E-state index contributed by atoms with van der Waals surface area (Å²) >= 11 is 0. The van der Waals surface area contributed by atoms with Gasteiger partial charge in [-0.3, -0.25) is 4.79 Å². The molecule has 0 saturated carbocycles. The molecule has 5 heteroatoms. The molecule has 0 amide bonds. The van der Waals surface area contributed by atoms with Crippen molar-refractivity contribution in [3.8, 4) is 6.07 Å². The molecule has 0 rings (SSSR count). The highest BCUT2D eigenvalue weighted by molar-refractivity contribution is 5.81. The van der Waals surface area contributed by atoms with E-state index < -0.39 is 17.9 Å². The van der Waals surface area contributed by atoms with Crippen molar-refractivity contribution < 1.29 is 18.0 Å². The molecule has 1 atom stereocenters. The summed E-state index contributed by atoms with van der Waals surface area (Å²) in [7, 11) is 0. The standard InChI is InChI=1S/C5H4F3NO/c1-3(10)4(2-9)5(6,7)8/h4H,1H3. The maximum absolute atomic E-state index is 11.5. The second-order valence-corrected chi connectivity index (χ2v) is 1.71. The zero-order chi connectivity index (χ0) is 8.36. The lowest BCUT2D eigenvalue weighted by molar-refractivity contribution is -0.168. The van der Waals surface area contributed by atoms with E-state index in [1.54, 1.807) is 0 Å². The van der Waals surface area contributed by atoms with Crippen molar-refractivity contribution in [2.24, 2.45) is 5.92 Å². The van der Waals surface area contributed by atoms with Gasteiger partial charge in [-0.1, -0.05) is 0 Å². The monoisotopic (exact) mass is 151 g/mol. The number of ketones is 1. The first-order chi connectivity index (χ1) is 4.39. The predicted octanol–water partition coefficient (Wildman–Crippen LogP) is 1.28. The van der Waals surface area contributed by atoms with Gasteiger partial charge in [0.05, 0.1) is 6.07 Å². The number of Topliss-reactive ketones (excluding diaryl/α,β-unsaturated/α-hetero) is 1. The van der Waals surface area contributed by atoms with Gasteiger partial charge < -0.3 is 0 Å². The molecule has 0 N–H and O–H groups in total. The Morgan fingerprint density at radius 3 is 2.00 bits per heavy atom. The molecule has 0 bridgehead atoms. The summed E-state index contributed by atoms with van der Waals surface area (Å²) in [6.07, 6.45) is -4.72. The Bertz CT molecular complexity index is 178. The maximum Gasteiger partial charge on any atom is 0.411 e. The summed E-state index contributed by atoms with van der Waals surface area (Å²) in [5, 5.41) is 7.84. The predicted molar refractivity (Wildman–Crippen MR) is 25.8 cm³/mol. The quantitative estimate of drug-likeness (QED) is 0.566. The van der Waals surface area contributed by atoms with Crippen LogP contribution in [0.3, 0.4) is 0 Å². The van der Waals surface area contributed by atoms with Crippen molar-refractivity contribution in [1.29, 1.82) is 5.26 Å². The Morgan fingerprint density at radius 2 is 2.00 bits per heavy atom. The molecule has 0 aromatic rings. The summed E-state index contributed by atoms with van der Waals surface area (Å²) in [6.45, 7) is 0.737. The van der Waals surface area contributed by atoms with E-state index in [0.29, 0.717) is 0 Å². The Kier molecular flexibility index (Phi) is 2.41. The normalized spacial score (nSPS) is 13.9. The van der Waals surface area contributed by atoms with Crippen LogP contribution in [0.4, 0.5) is 13.2 Å². The van der Waals surface area contributed by atoms with Gasteiger partial charge in [0.1, 0.15) is 0 Å². The summed E-state index contributed by atoms with van der Waals surface area (Å²) < 4.78 is 34.6. The topological polar surface area (TPSA) is 40.9 Å². The molecular weight excluding hydrogens is 147 g/mol. The maximum atomic E-state index is 11.5. The van der Waals surface area contributed by atoms with E-state index in [2.05, 4.69) is 0 Å². The largest absolute Gasteiger partial charge is 0.411 e. The Morgan fingerprint density at radius 1 is 1.60 bits per heavy atom. The smallest absolute Gasteiger partial charge is 0.298 e. The van der Waals surface area contributed by atoms with Gasteiger partial charge in [-0.2, -0.15) is 18.4 Å². The zero-order valence-electron chi connectivity index (χ0n) is 5.07. The average molecular weight is 151 g/mol. The summed E-state index contributed by atoms with van der Waals surface area (Å²) in [6, 6.07) is 0.867. The number of hydrogen-bond donors (Lipinski definition) is 0. The number of carbonyl (C=O) groups excluding carboxylic acids is 1. The third-order valence-electron chi connectivity index (χ3n) is 0.863. The lowest BCUT2D eigenvalue weighted by Gasteiger charge is -2.08. The molecule has 0 aliphatic carbocycles. The Hall–Kier alpha value is -1.05. The Labute approximate surface area is 55.2 Å². The molecule has 2 nitrogen and oxygen atoms in total. The highest BCUT2D eigenvalue weighted by Gasteiger charge is 2.43. The molecule has 0 radical (unpaired) electrons. The third-order valence-corrected chi connectivity index (χ3v) is 0.863. The first kappa shape index (κ1) is 8.95. The summed E-state index contributed by atoms with van der Waals surface area (Å²) in [5.74, 6) is -3.64. The van der Waals surface area contributed by atoms with Gasteiger partial charge in [-0.15, -0.1) is 0 Å². The third kappa shape index (κ3) is 2.05. The fourth-order valence-electron chi connectivity index (χ4n) is 0.395. The molecule has 0 aliphatic heterocycles. The molecule has 0 aromatic heterocycles. The minimum atomic E-state index is -4.72. The molecule has 0 heterocycles. The van der Waals surface area contributed by atoms with Crippen LogP contribution in [0.5, 0.6) is 0 Å². The van der Waals surface area contributed by atoms with Gasteiger partial charge in [0.2, 0.25) is 0 Å². The molecule has 10 heavy (non-hydrogen) atoms. The van der Waals surface area contributed by atoms with E-state index in [0.717, 1.165) is 13.0 Å². The van der Waals surface area contributed by atoms with E-state index >= 15 is 0 Å². The number of halogens is 3. The van der Waals surface area contributed by atoms with Crippen LogP contribution in [0.2, 0.25) is 0 Å². The van der Waals surface area contributed by atoms with E-state index in [9.17, 15) is 18.0 Å². The van der Waals surface area contributed by atoms with Crippen molar-refractivity contribution in [1.82, 2.24) is 0 Å². The average Bonchev–Trinajstić information content (AvgIpc) is 1.60. The molecular formula is C5H4F3NO. The van der Waals surface area contributed by atoms with Crippen molar-refractivity contribution in [2.45, 2.75) is 13.1 Å². The first-order valence-corrected chi connectivity index (χ1v) is 2.36. The second-order valence-electron chi connectivity index (χ2n) is 1.71. The van der Waals surface area contributed by atoms with Crippen molar-refractivity contribution in [2.75, 3.05) is 0 Å². The zero-order valence-corrected chi connectivity index (χ0v) is 5.07. The molecule has 56 valence electrons. The molecule has 0 fully saturated rings. The van der Waals surface area contributed by atoms with E-state index in [1.807, 2.05) is 0 Å². The van der Waals surface area contributed by atoms with Crippen LogP contribution in [0, 0.1) is 17.2 Å². The van der Waals surface area contributed by atoms with E-state index in [1.165, 1.54) is 0 Å². The minimum absolute atomic E-state index is 0.737. The Balaban J connectivity index is 4.42. The fraction of sp³-hybridized carbons (Fsp3) is 0.600. The number of carbonyl (C=O) groups is 1. The van der Waals surface area contributed by atoms with Crippen LogP contribution in [0.15, 0.2) is 0 Å². The number of alkyl halides is 3. The van der Waals surface area contributed by atoms with Crippen LogP contribution in [0.1, 0.15) is 6.92 Å². The molecule has 0 aliphatic rings. The van der Waals surface area contributed by atoms with Gasteiger partial charge >= 0.3 is 6.18 Å². The number of nitrogens with zero attached hydrogens (tertiary/aromatic N) is 1. The molecule has 0 spiro atoms. The summed E-state index contributed by atoms with van der Waals surface area (Å²) in [4.78, 5) is 10.1. The number of hydrogen-bond acceptors (Lipinski definition) is 2. The van der Waals surface area contributed by atoms with E-state index in [-0.39, 0.29) is 0 Å². The second kappa shape index (κ2) is 2.69. The highest BCUT2D eigenvalue weighted by atomic mass is 19.4. The van der Waals surface area contributed by atoms with Gasteiger partial charge in [-0.05, 0) is 6.92 Å². The van der Waals surface area contributed by atoms with E-state index in [4.69, 9.17) is 5.26 Å². The lowest BCUT2D eigenvalue weighted by Crippen LogP contribution is -2.27. The number of rotatable bonds is 1. The van der Waals surface area contributed by atoms with Crippen LogP contribution >= 0.6 is 0 Å². The first-order valence-electron chi connectivity index (χ1n) is 2.36. The summed E-state index contributed by atoms with van der Waals surface area (Å²) in [5.41, 5.74) is 0. The van der Waals surface area contributed by atoms with Crippen LogP contribution in [0.25, 0.3) is 0 Å². The van der Waals surface area contributed by atoms with Gasteiger partial charge in [-0.25, -0.2) is 0 Å². The SMILES string of the molecule is CC(=O)C(C#N)C(F)(F)F. The van der Waals surface area contributed by atoms with Crippen LogP contribution in [-0.2, 0) is 4.79 Å². The molecule has 0 aromatic carbocycles. The van der Waals surface area contributed by atoms with Crippen molar-refractivity contribution in [3.05, 3.63) is 0 Å². The van der Waals surface area contributed by atoms with Gasteiger partial charge in [0, 0.05) is 0 Å². The van der Waals surface area contributed by atoms with Crippen molar-refractivity contribution >= 4 is 5.78 Å². The van der Waals surface area contributed by atoms with Gasteiger partial charge in [0.25, 0.3) is 0 Å². The molecule has 0 saturated heterocycles. The lowest BCUT2D eigenvalue weighted by atomic mass is 10.1. The highest BCUT2D eigenvalue weighted by Crippen LogP contribution is 2.25. The number of nitriles is 1. The van der Waals surface area contributed by atoms with Crippen molar-refractivity contribution in [3.63, 3.8) is 0 Å². The van der Waals surface area contributed by atoms with Gasteiger partial charge in [0.15, 0.2) is 11.7 Å². The molecule has 1 unspecified atom stereocenters. The minimum Gasteiger partial charge on any atom is -0.298 e.